The third kappa shape index (κ3) is 2.50. The standard InChI is InChI=1S/C10H16N4O2/c1-10(2,3)16-9(15)12-7-4-8-5-11-13-14(8)6-7/h5,7H,4,6H2,1-3H3,(H,12,15)/t7-/m0/s1. The number of nitrogens with zero attached hydrogens (tertiary/aromatic N) is 3. The number of rotatable bonds is 1. The Kier molecular flexibility index (Phi) is 2.57. The fourth-order valence-electron chi connectivity index (χ4n) is 1.69. The van der Waals surface area contributed by atoms with E-state index in [1.807, 2.05) is 20.8 Å². The molecule has 0 radical (unpaired) electrons. The second-order valence-electron chi connectivity index (χ2n) is 4.95. The van der Waals surface area contributed by atoms with Crippen LogP contribution in [0.4, 0.5) is 4.79 Å². The summed E-state index contributed by atoms with van der Waals surface area (Å²) in [6.07, 6.45) is 2.10. The first-order valence-electron chi connectivity index (χ1n) is 5.31. The van der Waals surface area contributed by atoms with Gasteiger partial charge in [-0.1, -0.05) is 5.21 Å². The van der Waals surface area contributed by atoms with E-state index in [4.69, 9.17) is 4.74 Å². The highest BCUT2D eigenvalue weighted by Crippen LogP contribution is 2.13. The number of fused-ring (bicyclic) bond motifs is 1. The van der Waals surface area contributed by atoms with Gasteiger partial charge in [-0.15, -0.1) is 5.10 Å². The summed E-state index contributed by atoms with van der Waals surface area (Å²) >= 11 is 0. The van der Waals surface area contributed by atoms with Crippen LogP contribution in [0.25, 0.3) is 0 Å². The molecule has 6 heteroatoms. The zero-order chi connectivity index (χ0) is 11.8. The number of hydrogen-bond donors (Lipinski definition) is 1. The molecule has 1 aromatic heterocycles. The highest BCUT2D eigenvalue weighted by atomic mass is 16.6. The van der Waals surface area contributed by atoms with E-state index in [0.29, 0.717) is 6.54 Å². The highest BCUT2D eigenvalue weighted by Gasteiger charge is 2.25. The molecule has 6 nitrogen and oxygen atoms in total. The second kappa shape index (κ2) is 3.77. The van der Waals surface area contributed by atoms with Crippen molar-refractivity contribution in [1.29, 1.82) is 0 Å². The van der Waals surface area contributed by atoms with Gasteiger partial charge in [-0.2, -0.15) is 0 Å². The molecule has 0 aromatic carbocycles. The molecule has 2 rings (SSSR count). The van der Waals surface area contributed by atoms with Crippen molar-refractivity contribution in [1.82, 2.24) is 20.3 Å². The first-order valence-corrected chi connectivity index (χ1v) is 5.31. The van der Waals surface area contributed by atoms with E-state index in [-0.39, 0.29) is 12.1 Å². The summed E-state index contributed by atoms with van der Waals surface area (Å²) in [5.74, 6) is 0. The third-order valence-electron chi connectivity index (χ3n) is 2.27. The lowest BCUT2D eigenvalue weighted by atomic mass is 10.2. The normalized spacial score (nSPS) is 19.3. The Balaban J connectivity index is 1.85. The van der Waals surface area contributed by atoms with Gasteiger partial charge in [0.2, 0.25) is 0 Å². The molecule has 0 unspecified atom stereocenters. The molecule has 0 spiro atoms. The zero-order valence-corrected chi connectivity index (χ0v) is 9.73. The molecule has 1 aliphatic heterocycles. The van der Waals surface area contributed by atoms with Crippen LogP contribution in [0.2, 0.25) is 0 Å². The summed E-state index contributed by atoms with van der Waals surface area (Å²) < 4.78 is 6.97. The molecule has 0 bridgehead atoms. The van der Waals surface area contributed by atoms with Gasteiger partial charge >= 0.3 is 6.09 Å². The number of nitrogens with one attached hydrogen (secondary N) is 1. The first-order chi connectivity index (χ1) is 7.44. The summed E-state index contributed by atoms with van der Waals surface area (Å²) in [6.45, 7) is 6.19. The third-order valence-corrected chi connectivity index (χ3v) is 2.27. The van der Waals surface area contributed by atoms with Gasteiger partial charge in [-0.05, 0) is 20.8 Å². The van der Waals surface area contributed by atoms with Crippen molar-refractivity contribution in [3.05, 3.63) is 11.9 Å². The van der Waals surface area contributed by atoms with Crippen molar-refractivity contribution in [3.8, 4) is 0 Å². The smallest absolute Gasteiger partial charge is 0.407 e. The van der Waals surface area contributed by atoms with Gasteiger partial charge in [0, 0.05) is 6.42 Å². The predicted molar refractivity (Wildman–Crippen MR) is 56.9 cm³/mol. The fraction of sp³-hybridized carbons (Fsp3) is 0.700. The van der Waals surface area contributed by atoms with Crippen molar-refractivity contribution >= 4 is 6.09 Å². The molecular weight excluding hydrogens is 208 g/mol. The maximum absolute atomic E-state index is 11.5. The lowest BCUT2D eigenvalue weighted by molar-refractivity contribution is 0.0503. The van der Waals surface area contributed by atoms with E-state index in [9.17, 15) is 4.79 Å². The van der Waals surface area contributed by atoms with E-state index < -0.39 is 5.60 Å². The van der Waals surface area contributed by atoms with Crippen molar-refractivity contribution in [3.63, 3.8) is 0 Å². The predicted octanol–water partition coefficient (Wildman–Crippen LogP) is 0.727. The highest BCUT2D eigenvalue weighted by molar-refractivity contribution is 5.68. The van der Waals surface area contributed by atoms with E-state index >= 15 is 0 Å². The first kappa shape index (κ1) is 10.9. The molecule has 2 heterocycles. The van der Waals surface area contributed by atoms with Crippen LogP contribution in [0.1, 0.15) is 26.5 Å². The van der Waals surface area contributed by atoms with Gasteiger partial charge in [0.1, 0.15) is 5.60 Å². The van der Waals surface area contributed by atoms with Crippen LogP contribution in [-0.4, -0.2) is 32.7 Å². The topological polar surface area (TPSA) is 69.0 Å². The lowest BCUT2D eigenvalue weighted by Gasteiger charge is -2.21. The number of ether oxygens (including phenoxy) is 1. The quantitative estimate of drug-likeness (QED) is 0.763. The number of amides is 1. The average molecular weight is 224 g/mol. The Hall–Kier alpha value is -1.59. The van der Waals surface area contributed by atoms with Crippen molar-refractivity contribution in [2.45, 2.75) is 45.4 Å². The Morgan fingerprint density at radius 1 is 1.62 bits per heavy atom. The maximum Gasteiger partial charge on any atom is 0.407 e. The minimum absolute atomic E-state index is 0.0559. The molecule has 0 fully saturated rings. The summed E-state index contributed by atoms with van der Waals surface area (Å²) in [5, 5.41) is 10.5. The van der Waals surface area contributed by atoms with Crippen LogP contribution in [-0.2, 0) is 17.7 Å². The van der Waals surface area contributed by atoms with Gasteiger partial charge in [-0.25, -0.2) is 9.48 Å². The molecule has 1 aliphatic rings. The molecule has 0 saturated carbocycles. The van der Waals surface area contributed by atoms with Crippen LogP contribution in [0.3, 0.4) is 0 Å². The van der Waals surface area contributed by atoms with Crippen molar-refractivity contribution in [2.24, 2.45) is 0 Å². The van der Waals surface area contributed by atoms with Gasteiger partial charge in [0.25, 0.3) is 0 Å². The minimum Gasteiger partial charge on any atom is -0.444 e. The zero-order valence-electron chi connectivity index (χ0n) is 9.73. The molecule has 0 saturated heterocycles. The minimum atomic E-state index is -0.460. The molecule has 88 valence electrons. The Bertz CT molecular complexity index is 373. The molecule has 0 aliphatic carbocycles. The van der Waals surface area contributed by atoms with Crippen LogP contribution in [0, 0.1) is 0 Å². The molecular formula is C10H16N4O2. The van der Waals surface area contributed by atoms with Gasteiger partial charge in [0.05, 0.1) is 24.5 Å². The lowest BCUT2D eigenvalue weighted by Crippen LogP contribution is -2.40. The number of carbonyl (C=O) groups excluding carboxylic acids is 1. The number of carbonyl (C=O) groups is 1. The Labute approximate surface area is 94.0 Å². The maximum atomic E-state index is 11.5. The molecule has 1 atom stereocenters. The molecule has 16 heavy (non-hydrogen) atoms. The van der Waals surface area contributed by atoms with Crippen molar-refractivity contribution in [2.75, 3.05) is 0 Å². The van der Waals surface area contributed by atoms with Crippen molar-refractivity contribution < 1.29 is 9.53 Å². The van der Waals surface area contributed by atoms with Crippen LogP contribution in [0.15, 0.2) is 6.20 Å². The fourth-order valence-corrected chi connectivity index (χ4v) is 1.69. The summed E-state index contributed by atoms with van der Waals surface area (Å²) in [6, 6.07) is 0.0559. The summed E-state index contributed by atoms with van der Waals surface area (Å²) in [7, 11) is 0. The molecule has 1 N–H and O–H groups in total. The van der Waals surface area contributed by atoms with E-state index in [1.165, 1.54) is 0 Å². The number of hydrogen-bond acceptors (Lipinski definition) is 4. The van der Waals surface area contributed by atoms with Gasteiger partial charge < -0.3 is 10.1 Å². The average Bonchev–Trinajstić information content (AvgIpc) is 2.58. The van der Waals surface area contributed by atoms with Crippen LogP contribution >= 0.6 is 0 Å². The molecule has 1 amide bonds. The molecule has 1 aromatic rings. The summed E-state index contributed by atoms with van der Waals surface area (Å²) in [5.41, 5.74) is 0.582. The van der Waals surface area contributed by atoms with E-state index in [2.05, 4.69) is 15.6 Å². The van der Waals surface area contributed by atoms with Gasteiger partial charge in [0.15, 0.2) is 0 Å². The van der Waals surface area contributed by atoms with E-state index in [1.54, 1.807) is 10.9 Å². The SMILES string of the molecule is CC(C)(C)OC(=O)N[C@H]1Cc2cnnn2C1. The Morgan fingerprint density at radius 2 is 2.38 bits per heavy atom. The largest absolute Gasteiger partial charge is 0.444 e. The number of alkyl carbamates (subject to hydrolysis) is 1. The van der Waals surface area contributed by atoms with Gasteiger partial charge in [-0.3, -0.25) is 0 Å². The number of aromatic nitrogens is 3. The Morgan fingerprint density at radius 3 is 3.00 bits per heavy atom. The van der Waals surface area contributed by atoms with Crippen LogP contribution < -0.4 is 5.32 Å². The second-order valence-corrected chi connectivity index (χ2v) is 4.95. The monoisotopic (exact) mass is 224 g/mol. The van der Waals surface area contributed by atoms with E-state index in [0.717, 1.165) is 12.1 Å². The van der Waals surface area contributed by atoms with Crippen LogP contribution in [0.5, 0.6) is 0 Å². The summed E-state index contributed by atoms with van der Waals surface area (Å²) in [4.78, 5) is 11.5.